The van der Waals surface area contributed by atoms with Crippen LogP contribution in [-0.2, 0) is 0 Å². The molecular formula is C16H21N3. The summed E-state index contributed by atoms with van der Waals surface area (Å²) >= 11 is 0. The molecule has 0 bridgehead atoms. The van der Waals surface area contributed by atoms with Gasteiger partial charge < -0.3 is 5.32 Å². The highest BCUT2D eigenvalue weighted by Crippen LogP contribution is 2.21. The van der Waals surface area contributed by atoms with Gasteiger partial charge in [-0.05, 0) is 25.8 Å². The van der Waals surface area contributed by atoms with Gasteiger partial charge >= 0.3 is 0 Å². The lowest BCUT2D eigenvalue weighted by Gasteiger charge is -2.23. The van der Waals surface area contributed by atoms with E-state index < -0.39 is 0 Å². The number of nitrogens with one attached hydrogen (secondary N) is 1. The largest absolute Gasteiger partial charge is 0.302 e. The smallest absolute Gasteiger partial charge is 0.0782 e. The standard InChI is InChI=1S/C16H21N3/c1-4-15(14-8-6-5-7-9-14)19-13(3)16-12(2)17-10-11-18-16/h5-11,13,15,19H,4H2,1-3H3. The fourth-order valence-corrected chi connectivity index (χ4v) is 2.36. The van der Waals surface area contributed by atoms with Crippen LogP contribution in [0.1, 0.15) is 49.3 Å². The molecule has 1 aromatic carbocycles. The van der Waals surface area contributed by atoms with Crippen molar-refractivity contribution in [2.75, 3.05) is 0 Å². The molecule has 3 nitrogen and oxygen atoms in total. The first-order valence-corrected chi connectivity index (χ1v) is 6.81. The topological polar surface area (TPSA) is 37.8 Å². The summed E-state index contributed by atoms with van der Waals surface area (Å²) in [6.07, 6.45) is 4.54. The molecule has 1 N–H and O–H groups in total. The number of aryl methyl sites for hydroxylation is 1. The van der Waals surface area contributed by atoms with Crippen LogP contribution in [0.2, 0.25) is 0 Å². The van der Waals surface area contributed by atoms with Crippen molar-refractivity contribution in [2.45, 2.75) is 39.3 Å². The number of hydrogen-bond donors (Lipinski definition) is 1. The highest BCUT2D eigenvalue weighted by molar-refractivity contribution is 5.20. The summed E-state index contributed by atoms with van der Waals surface area (Å²) in [5.41, 5.74) is 3.33. The summed E-state index contributed by atoms with van der Waals surface area (Å²) in [5.74, 6) is 0. The minimum absolute atomic E-state index is 0.193. The summed E-state index contributed by atoms with van der Waals surface area (Å²) in [4.78, 5) is 8.74. The van der Waals surface area contributed by atoms with E-state index in [1.54, 1.807) is 12.4 Å². The van der Waals surface area contributed by atoms with E-state index in [2.05, 4.69) is 53.4 Å². The maximum absolute atomic E-state index is 4.43. The van der Waals surface area contributed by atoms with Gasteiger partial charge in [0.2, 0.25) is 0 Å². The van der Waals surface area contributed by atoms with E-state index in [4.69, 9.17) is 0 Å². The maximum atomic E-state index is 4.43. The molecule has 1 heterocycles. The van der Waals surface area contributed by atoms with Crippen molar-refractivity contribution in [3.05, 3.63) is 59.7 Å². The van der Waals surface area contributed by atoms with Crippen molar-refractivity contribution in [1.29, 1.82) is 0 Å². The van der Waals surface area contributed by atoms with Crippen LogP contribution in [0.4, 0.5) is 0 Å². The number of rotatable bonds is 5. The minimum atomic E-state index is 0.193. The summed E-state index contributed by atoms with van der Waals surface area (Å²) in [5, 5.41) is 3.64. The Morgan fingerprint density at radius 2 is 1.79 bits per heavy atom. The Bertz CT molecular complexity index is 510. The Labute approximate surface area is 115 Å². The van der Waals surface area contributed by atoms with Crippen LogP contribution >= 0.6 is 0 Å². The van der Waals surface area contributed by atoms with Crippen LogP contribution in [0.5, 0.6) is 0 Å². The third-order valence-electron chi connectivity index (χ3n) is 3.39. The predicted octanol–water partition coefficient (Wildman–Crippen LogP) is 3.59. The van der Waals surface area contributed by atoms with Gasteiger partial charge in [0.05, 0.1) is 11.4 Å². The van der Waals surface area contributed by atoms with Gasteiger partial charge in [0, 0.05) is 24.5 Å². The summed E-state index contributed by atoms with van der Waals surface area (Å²) in [6, 6.07) is 11.1. The zero-order valence-electron chi connectivity index (χ0n) is 11.8. The fraction of sp³-hybridized carbons (Fsp3) is 0.375. The van der Waals surface area contributed by atoms with Crippen LogP contribution in [0.15, 0.2) is 42.7 Å². The molecule has 19 heavy (non-hydrogen) atoms. The first-order chi connectivity index (χ1) is 9.22. The molecule has 100 valence electrons. The van der Waals surface area contributed by atoms with Gasteiger partial charge in [0.15, 0.2) is 0 Å². The molecule has 1 aromatic heterocycles. The zero-order chi connectivity index (χ0) is 13.7. The molecular weight excluding hydrogens is 234 g/mol. The van der Waals surface area contributed by atoms with Crippen LogP contribution in [-0.4, -0.2) is 9.97 Å². The lowest BCUT2D eigenvalue weighted by Crippen LogP contribution is -2.25. The molecule has 2 aromatic rings. The maximum Gasteiger partial charge on any atom is 0.0782 e. The van der Waals surface area contributed by atoms with Gasteiger partial charge in [0.25, 0.3) is 0 Å². The molecule has 0 spiro atoms. The zero-order valence-corrected chi connectivity index (χ0v) is 11.8. The number of benzene rings is 1. The molecule has 0 saturated carbocycles. The second-order valence-electron chi connectivity index (χ2n) is 4.79. The molecule has 0 amide bonds. The number of hydrogen-bond acceptors (Lipinski definition) is 3. The SMILES string of the molecule is CCC(NC(C)c1nccnc1C)c1ccccc1. The van der Waals surface area contributed by atoms with E-state index in [0.717, 1.165) is 17.8 Å². The molecule has 2 atom stereocenters. The first-order valence-electron chi connectivity index (χ1n) is 6.81. The molecule has 0 aliphatic rings. The van der Waals surface area contributed by atoms with Crippen molar-refractivity contribution >= 4 is 0 Å². The Morgan fingerprint density at radius 1 is 1.11 bits per heavy atom. The summed E-state index contributed by atoms with van der Waals surface area (Å²) in [6.45, 7) is 6.34. The van der Waals surface area contributed by atoms with Crippen molar-refractivity contribution in [3.8, 4) is 0 Å². The average Bonchev–Trinajstić information content (AvgIpc) is 2.46. The Balaban J connectivity index is 2.13. The van der Waals surface area contributed by atoms with Gasteiger partial charge in [-0.2, -0.15) is 0 Å². The third kappa shape index (κ3) is 3.38. The van der Waals surface area contributed by atoms with Crippen LogP contribution in [0.25, 0.3) is 0 Å². The molecule has 0 saturated heterocycles. The van der Waals surface area contributed by atoms with E-state index in [1.165, 1.54) is 5.56 Å². The van der Waals surface area contributed by atoms with Crippen molar-refractivity contribution in [2.24, 2.45) is 0 Å². The van der Waals surface area contributed by atoms with Crippen LogP contribution in [0.3, 0.4) is 0 Å². The first kappa shape index (κ1) is 13.7. The van der Waals surface area contributed by atoms with Gasteiger partial charge in [-0.15, -0.1) is 0 Å². The highest BCUT2D eigenvalue weighted by atomic mass is 15.0. The normalized spacial score (nSPS) is 14.1. The highest BCUT2D eigenvalue weighted by Gasteiger charge is 2.16. The summed E-state index contributed by atoms with van der Waals surface area (Å²) in [7, 11) is 0. The Hall–Kier alpha value is -1.74. The quantitative estimate of drug-likeness (QED) is 0.887. The second-order valence-corrected chi connectivity index (χ2v) is 4.79. The molecule has 2 unspecified atom stereocenters. The molecule has 0 fully saturated rings. The number of nitrogens with zero attached hydrogens (tertiary/aromatic N) is 2. The molecule has 3 heteroatoms. The Kier molecular flexibility index (Phi) is 4.63. The lowest BCUT2D eigenvalue weighted by atomic mass is 10.0. The second kappa shape index (κ2) is 6.43. The molecule has 2 rings (SSSR count). The van der Waals surface area contributed by atoms with Crippen molar-refractivity contribution in [1.82, 2.24) is 15.3 Å². The van der Waals surface area contributed by atoms with E-state index in [9.17, 15) is 0 Å². The lowest BCUT2D eigenvalue weighted by molar-refractivity contribution is 0.447. The van der Waals surface area contributed by atoms with Crippen molar-refractivity contribution in [3.63, 3.8) is 0 Å². The van der Waals surface area contributed by atoms with Gasteiger partial charge in [-0.1, -0.05) is 37.3 Å². The van der Waals surface area contributed by atoms with Crippen LogP contribution in [0, 0.1) is 6.92 Å². The van der Waals surface area contributed by atoms with Crippen LogP contribution < -0.4 is 5.32 Å². The number of aromatic nitrogens is 2. The Morgan fingerprint density at radius 3 is 2.42 bits per heavy atom. The monoisotopic (exact) mass is 255 g/mol. The van der Waals surface area contributed by atoms with E-state index in [0.29, 0.717) is 6.04 Å². The fourth-order valence-electron chi connectivity index (χ4n) is 2.36. The van der Waals surface area contributed by atoms with E-state index in [1.807, 2.05) is 13.0 Å². The molecule has 0 aliphatic heterocycles. The van der Waals surface area contributed by atoms with E-state index in [-0.39, 0.29) is 6.04 Å². The predicted molar refractivity (Wildman–Crippen MR) is 77.8 cm³/mol. The van der Waals surface area contributed by atoms with Gasteiger partial charge in [0.1, 0.15) is 0 Å². The van der Waals surface area contributed by atoms with Crippen molar-refractivity contribution < 1.29 is 0 Å². The third-order valence-corrected chi connectivity index (χ3v) is 3.39. The average molecular weight is 255 g/mol. The van der Waals surface area contributed by atoms with Gasteiger partial charge in [-0.3, -0.25) is 9.97 Å². The van der Waals surface area contributed by atoms with E-state index >= 15 is 0 Å². The molecule has 0 aliphatic carbocycles. The van der Waals surface area contributed by atoms with Gasteiger partial charge in [-0.25, -0.2) is 0 Å². The molecule has 0 radical (unpaired) electrons. The minimum Gasteiger partial charge on any atom is -0.302 e. The summed E-state index contributed by atoms with van der Waals surface area (Å²) < 4.78 is 0.